The standard InChI is InChI=1S/C25H28F6N2O5S/c1-23(2,22(34)35)14-38-20-12-21-19(11-18(20)25(29,30)31)33(16-7-5-15(26)6-8-16)13-17(9-10-24(3,27)28)32(4)39(21,36)37/h5-8,11-12,17H,9-10,13-14H2,1-4H3,(H,34,35)/t17-/m1/s1. The molecular formula is C25H28F6N2O5S. The number of anilines is 2. The molecular weight excluding hydrogens is 554 g/mol. The van der Waals surface area contributed by atoms with E-state index in [1.807, 2.05) is 0 Å². The van der Waals surface area contributed by atoms with Gasteiger partial charge >= 0.3 is 12.1 Å². The van der Waals surface area contributed by atoms with E-state index in [1.165, 1.54) is 30.9 Å². The molecule has 7 nitrogen and oxygen atoms in total. The second-order valence-corrected chi connectivity index (χ2v) is 12.1. The number of carboxylic acid groups (broad SMARTS) is 1. The van der Waals surface area contributed by atoms with E-state index in [2.05, 4.69) is 0 Å². The van der Waals surface area contributed by atoms with Crippen molar-refractivity contribution in [1.82, 2.24) is 4.31 Å². The van der Waals surface area contributed by atoms with Crippen molar-refractivity contribution in [2.24, 2.45) is 5.41 Å². The molecule has 0 saturated heterocycles. The summed E-state index contributed by atoms with van der Waals surface area (Å²) >= 11 is 0. The zero-order valence-electron chi connectivity index (χ0n) is 21.5. The zero-order valence-corrected chi connectivity index (χ0v) is 22.3. The predicted molar refractivity (Wildman–Crippen MR) is 130 cm³/mol. The third-order valence-corrected chi connectivity index (χ3v) is 8.38. The number of likely N-dealkylation sites (N-methyl/N-ethyl adjacent to an activating group) is 1. The Bertz CT molecular complexity index is 1320. The van der Waals surface area contributed by atoms with E-state index in [1.54, 1.807) is 0 Å². The number of ether oxygens (including phenoxy) is 1. The van der Waals surface area contributed by atoms with Crippen molar-refractivity contribution < 1.29 is 49.4 Å². The van der Waals surface area contributed by atoms with Gasteiger partial charge in [0.1, 0.15) is 23.1 Å². The Kier molecular flexibility index (Phi) is 8.24. The quantitative estimate of drug-likeness (QED) is 0.390. The average Bonchev–Trinajstić information content (AvgIpc) is 2.88. The van der Waals surface area contributed by atoms with Gasteiger partial charge in [0.25, 0.3) is 0 Å². The maximum Gasteiger partial charge on any atom is 0.420 e. The number of sulfonamides is 1. The molecule has 0 aliphatic carbocycles. The molecule has 0 spiro atoms. The van der Waals surface area contributed by atoms with Crippen LogP contribution in [0.25, 0.3) is 0 Å². The molecule has 1 aliphatic rings. The topological polar surface area (TPSA) is 87.2 Å². The first-order valence-electron chi connectivity index (χ1n) is 11.7. The van der Waals surface area contributed by atoms with Crippen molar-refractivity contribution in [2.45, 2.75) is 56.6 Å². The molecule has 0 bridgehead atoms. The maximum atomic E-state index is 14.2. The minimum atomic E-state index is -5.04. The van der Waals surface area contributed by atoms with Gasteiger partial charge < -0.3 is 14.7 Å². The summed E-state index contributed by atoms with van der Waals surface area (Å²) in [5.41, 5.74) is -3.27. The van der Waals surface area contributed by atoms with Gasteiger partial charge in [-0.1, -0.05) is 0 Å². The molecule has 0 unspecified atom stereocenters. The number of rotatable bonds is 8. The first-order valence-corrected chi connectivity index (χ1v) is 13.2. The molecule has 1 aliphatic heterocycles. The van der Waals surface area contributed by atoms with Crippen LogP contribution in [0.1, 0.15) is 39.2 Å². The van der Waals surface area contributed by atoms with Gasteiger partial charge in [-0.15, -0.1) is 0 Å². The lowest BCUT2D eigenvalue weighted by molar-refractivity contribution is -0.148. The SMILES string of the molecule is CN1[C@H](CCC(C)(F)F)CN(c2ccc(F)cc2)c2cc(C(F)(F)F)c(OCC(C)(C)C(=O)O)cc2S1(=O)=O. The number of carbonyl (C=O) groups is 1. The molecule has 1 heterocycles. The summed E-state index contributed by atoms with van der Waals surface area (Å²) in [5, 5.41) is 9.32. The molecule has 0 saturated carbocycles. The lowest BCUT2D eigenvalue weighted by Crippen LogP contribution is -2.41. The van der Waals surface area contributed by atoms with Crippen molar-refractivity contribution in [3.63, 3.8) is 0 Å². The Labute approximate surface area is 222 Å². The Balaban J connectivity index is 2.26. The van der Waals surface area contributed by atoms with Crippen LogP contribution in [0.4, 0.5) is 37.7 Å². The van der Waals surface area contributed by atoms with Crippen LogP contribution in [-0.2, 0) is 21.0 Å². The van der Waals surface area contributed by atoms with Crippen LogP contribution in [0, 0.1) is 11.2 Å². The molecule has 1 atom stereocenters. The number of nitrogens with zero attached hydrogens (tertiary/aromatic N) is 2. The second-order valence-electron chi connectivity index (χ2n) is 10.2. The normalized spacial score (nSPS) is 18.4. The highest BCUT2D eigenvalue weighted by molar-refractivity contribution is 7.89. The Hall–Kier alpha value is -3.00. The molecule has 2 aromatic rings. The van der Waals surface area contributed by atoms with Gasteiger partial charge in [-0.3, -0.25) is 4.79 Å². The highest BCUT2D eigenvalue weighted by Gasteiger charge is 2.43. The molecule has 0 fully saturated rings. The van der Waals surface area contributed by atoms with Crippen LogP contribution in [-0.4, -0.2) is 56.0 Å². The average molecular weight is 583 g/mol. The maximum absolute atomic E-state index is 14.2. The van der Waals surface area contributed by atoms with Crippen molar-refractivity contribution in [3.05, 3.63) is 47.8 Å². The number of carboxylic acids is 1. The fourth-order valence-electron chi connectivity index (χ4n) is 3.96. The Morgan fingerprint density at radius 1 is 1.08 bits per heavy atom. The summed E-state index contributed by atoms with van der Waals surface area (Å²) in [7, 11) is -3.43. The van der Waals surface area contributed by atoms with Crippen LogP contribution >= 0.6 is 0 Å². The number of benzene rings is 2. The number of alkyl halides is 5. The summed E-state index contributed by atoms with van der Waals surface area (Å²) < 4.78 is 117. The third-order valence-electron chi connectivity index (χ3n) is 6.44. The number of hydrogen-bond donors (Lipinski definition) is 1. The van der Waals surface area contributed by atoms with E-state index < -0.39 is 80.3 Å². The van der Waals surface area contributed by atoms with Gasteiger partial charge in [-0.2, -0.15) is 17.5 Å². The predicted octanol–water partition coefficient (Wildman–Crippen LogP) is 5.91. The first-order chi connectivity index (χ1) is 17.7. The van der Waals surface area contributed by atoms with Gasteiger partial charge in [-0.05, 0) is 57.5 Å². The molecule has 0 amide bonds. The minimum Gasteiger partial charge on any atom is -0.492 e. The lowest BCUT2D eigenvalue weighted by atomic mass is 9.95. The van der Waals surface area contributed by atoms with Crippen molar-refractivity contribution >= 4 is 27.4 Å². The van der Waals surface area contributed by atoms with Gasteiger partial charge in [0.2, 0.25) is 15.9 Å². The lowest BCUT2D eigenvalue weighted by Gasteiger charge is -2.30. The fourth-order valence-corrected chi connectivity index (χ4v) is 5.53. The molecule has 216 valence electrons. The smallest absolute Gasteiger partial charge is 0.420 e. The Morgan fingerprint density at radius 2 is 1.67 bits per heavy atom. The number of aliphatic carboxylic acids is 1. The van der Waals surface area contributed by atoms with E-state index in [0.29, 0.717) is 19.1 Å². The van der Waals surface area contributed by atoms with Crippen LogP contribution in [0.5, 0.6) is 5.75 Å². The molecule has 14 heteroatoms. The summed E-state index contributed by atoms with van der Waals surface area (Å²) in [5.74, 6) is -6.05. The van der Waals surface area contributed by atoms with E-state index >= 15 is 0 Å². The zero-order chi connectivity index (χ0) is 29.6. The van der Waals surface area contributed by atoms with Gasteiger partial charge in [0, 0.05) is 37.8 Å². The summed E-state index contributed by atoms with van der Waals surface area (Å²) in [6, 6.07) is 4.65. The van der Waals surface area contributed by atoms with Crippen LogP contribution in [0.15, 0.2) is 41.3 Å². The molecule has 0 radical (unpaired) electrons. The molecule has 2 aromatic carbocycles. The Morgan fingerprint density at radius 3 is 2.18 bits per heavy atom. The van der Waals surface area contributed by atoms with Crippen molar-refractivity contribution in [1.29, 1.82) is 0 Å². The second kappa shape index (κ2) is 10.5. The van der Waals surface area contributed by atoms with Crippen LogP contribution < -0.4 is 9.64 Å². The van der Waals surface area contributed by atoms with Crippen molar-refractivity contribution in [2.75, 3.05) is 25.1 Å². The fraction of sp³-hybridized carbons (Fsp3) is 0.480. The summed E-state index contributed by atoms with van der Waals surface area (Å²) in [6.45, 7) is 2.09. The minimum absolute atomic E-state index is 0.130. The summed E-state index contributed by atoms with van der Waals surface area (Å²) in [6.07, 6.45) is -6.07. The molecule has 1 N–H and O–H groups in total. The van der Waals surface area contributed by atoms with E-state index in [4.69, 9.17) is 4.74 Å². The molecule has 3 rings (SSSR count). The van der Waals surface area contributed by atoms with E-state index in [9.17, 15) is 44.7 Å². The van der Waals surface area contributed by atoms with Gasteiger partial charge in [-0.25, -0.2) is 21.6 Å². The van der Waals surface area contributed by atoms with Gasteiger partial charge in [0.05, 0.1) is 16.7 Å². The van der Waals surface area contributed by atoms with E-state index in [0.717, 1.165) is 23.5 Å². The summed E-state index contributed by atoms with van der Waals surface area (Å²) in [4.78, 5) is 12.0. The first kappa shape index (κ1) is 30.5. The highest BCUT2D eigenvalue weighted by Crippen LogP contribution is 2.46. The molecule has 0 aromatic heterocycles. The van der Waals surface area contributed by atoms with Crippen LogP contribution in [0.2, 0.25) is 0 Å². The third kappa shape index (κ3) is 6.78. The number of halogens is 6. The van der Waals surface area contributed by atoms with E-state index in [-0.39, 0.29) is 18.7 Å². The monoisotopic (exact) mass is 582 g/mol. The largest absolute Gasteiger partial charge is 0.492 e. The number of hydrogen-bond acceptors (Lipinski definition) is 5. The van der Waals surface area contributed by atoms with Gasteiger partial charge in [0.15, 0.2) is 0 Å². The molecule has 39 heavy (non-hydrogen) atoms. The van der Waals surface area contributed by atoms with Crippen molar-refractivity contribution in [3.8, 4) is 5.75 Å². The number of fused-ring (bicyclic) bond motifs is 1. The highest BCUT2D eigenvalue weighted by atomic mass is 32.2. The van der Waals surface area contributed by atoms with Crippen LogP contribution in [0.3, 0.4) is 0 Å².